The molecule has 0 aromatic carbocycles. The maximum atomic E-state index is 11.6. The third-order valence-electron chi connectivity index (χ3n) is 4.51. The zero-order chi connectivity index (χ0) is 8.94. The molecule has 0 radical (unpaired) electrons. The van der Waals surface area contributed by atoms with Crippen LogP contribution in [0.2, 0.25) is 0 Å². The number of ether oxygens (including phenoxy) is 1. The van der Waals surface area contributed by atoms with Gasteiger partial charge in [0.1, 0.15) is 5.78 Å². The Kier molecular flexibility index (Phi) is 1.44. The lowest BCUT2D eigenvalue weighted by molar-refractivity contribution is -0.118. The molecule has 0 bridgehead atoms. The first-order valence-electron chi connectivity index (χ1n) is 5.36. The van der Waals surface area contributed by atoms with Crippen molar-refractivity contribution in [1.82, 2.24) is 0 Å². The minimum absolute atomic E-state index is 0.280. The van der Waals surface area contributed by atoms with Crippen molar-refractivity contribution in [3.05, 3.63) is 0 Å². The zero-order valence-electron chi connectivity index (χ0n) is 7.97. The van der Waals surface area contributed by atoms with Crippen molar-refractivity contribution in [3.63, 3.8) is 0 Å². The maximum absolute atomic E-state index is 11.6. The van der Waals surface area contributed by atoms with Gasteiger partial charge in [-0.3, -0.25) is 4.79 Å². The van der Waals surface area contributed by atoms with E-state index < -0.39 is 0 Å². The van der Waals surface area contributed by atoms with E-state index in [0.717, 1.165) is 26.1 Å². The zero-order valence-corrected chi connectivity index (χ0v) is 7.97. The maximum Gasteiger partial charge on any atom is 0.134 e. The van der Waals surface area contributed by atoms with Crippen LogP contribution in [0.25, 0.3) is 0 Å². The molecule has 0 aromatic rings. The van der Waals surface area contributed by atoms with Crippen molar-refractivity contribution in [2.24, 2.45) is 10.8 Å². The highest BCUT2D eigenvalue weighted by Gasteiger charge is 2.61. The standard InChI is InChI=1S/C11H16O2/c12-9-5-10-3-1-2-4-11(10,6-9)8-13-7-10/h1-8H2. The van der Waals surface area contributed by atoms with E-state index in [0.29, 0.717) is 5.78 Å². The molecule has 2 nitrogen and oxygen atoms in total. The molecule has 1 heterocycles. The first-order chi connectivity index (χ1) is 6.27. The summed E-state index contributed by atoms with van der Waals surface area (Å²) in [4.78, 5) is 11.6. The van der Waals surface area contributed by atoms with Crippen LogP contribution < -0.4 is 0 Å². The summed E-state index contributed by atoms with van der Waals surface area (Å²) in [5.41, 5.74) is 0.560. The summed E-state index contributed by atoms with van der Waals surface area (Å²) in [7, 11) is 0. The molecule has 0 N–H and O–H groups in total. The van der Waals surface area contributed by atoms with Crippen molar-refractivity contribution in [2.75, 3.05) is 13.2 Å². The Morgan fingerprint density at radius 3 is 2.08 bits per heavy atom. The van der Waals surface area contributed by atoms with E-state index in [1.165, 1.54) is 25.7 Å². The number of carbonyl (C=O) groups excluding carboxylic acids is 1. The third-order valence-corrected chi connectivity index (χ3v) is 4.51. The van der Waals surface area contributed by atoms with Gasteiger partial charge in [-0.25, -0.2) is 0 Å². The number of hydrogen-bond donors (Lipinski definition) is 0. The topological polar surface area (TPSA) is 26.3 Å². The minimum atomic E-state index is 0.280. The fraction of sp³-hybridized carbons (Fsp3) is 0.909. The van der Waals surface area contributed by atoms with Gasteiger partial charge in [-0.1, -0.05) is 12.8 Å². The van der Waals surface area contributed by atoms with Crippen LogP contribution in [-0.2, 0) is 9.53 Å². The van der Waals surface area contributed by atoms with E-state index in [1.54, 1.807) is 0 Å². The van der Waals surface area contributed by atoms with Gasteiger partial charge in [-0.15, -0.1) is 0 Å². The molecular formula is C11H16O2. The lowest BCUT2D eigenvalue weighted by Crippen LogP contribution is -2.38. The van der Waals surface area contributed by atoms with Gasteiger partial charge in [0, 0.05) is 23.7 Å². The summed E-state index contributed by atoms with van der Waals surface area (Å²) in [5.74, 6) is 0.491. The molecule has 0 aromatic heterocycles. The quantitative estimate of drug-likeness (QED) is 0.569. The molecule has 0 amide bonds. The highest BCUT2D eigenvalue weighted by Crippen LogP contribution is 2.62. The van der Waals surface area contributed by atoms with E-state index in [2.05, 4.69) is 0 Å². The highest BCUT2D eigenvalue weighted by atomic mass is 16.5. The molecule has 2 heteroatoms. The van der Waals surface area contributed by atoms with E-state index in [9.17, 15) is 4.79 Å². The van der Waals surface area contributed by atoms with E-state index in [-0.39, 0.29) is 10.8 Å². The second-order valence-corrected chi connectivity index (χ2v) is 5.15. The van der Waals surface area contributed by atoms with Crippen LogP contribution in [0.5, 0.6) is 0 Å². The Labute approximate surface area is 78.6 Å². The van der Waals surface area contributed by atoms with Gasteiger partial charge in [-0.2, -0.15) is 0 Å². The molecule has 3 rings (SSSR count). The first kappa shape index (κ1) is 7.98. The second kappa shape index (κ2) is 2.35. The predicted molar refractivity (Wildman–Crippen MR) is 48.4 cm³/mol. The van der Waals surface area contributed by atoms with E-state index in [1.807, 2.05) is 0 Å². The molecule has 1 aliphatic heterocycles. The van der Waals surface area contributed by atoms with Crippen molar-refractivity contribution < 1.29 is 9.53 Å². The fourth-order valence-electron chi connectivity index (χ4n) is 3.82. The number of rotatable bonds is 0. The normalized spacial score (nSPS) is 49.1. The van der Waals surface area contributed by atoms with Crippen molar-refractivity contribution in [3.8, 4) is 0 Å². The van der Waals surface area contributed by atoms with Gasteiger partial charge < -0.3 is 4.74 Å². The molecule has 3 fully saturated rings. The Bertz CT molecular complexity index is 237. The molecule has 3 aliphatic rings. The van der Waals surface area contributed by atoms with Crippen LogP contribution in [0, 0.1) is 10.8 Å². The van der Waals surface area contributed by atoms with Crippen molar-refractivity contribution in [2.45, 2.75) is 38.5 Å². The second-order valence-electron chi connectivity index (χ2n) is 5.15. The van der Waals surface area contributed by atoms with Crippen LogP contribution in [0.4, 0.5) is 0 Å². The van der Waals surface area contributed by atoms with Crippen LogP contribution in [-0.4, -0.2) is 19.0 Å². The third kappa shape index (κ3) is 0.850. The summed E-state index contributed by atoms with van der Waals surface area (Å²) in [6.07, 6.45) is 6.70. The van der Waals surface area contributed by atoms with Gasteiger partial charge in [0.05, 0.1) is 13.2 Å². The minimum Gasteiger partial charge on any atom is -0.380 e. The molecule has 2 aliphatic carbocycles. The Morgan fingerprint density at radius 1 is 1.00 bits per heavy atom. The van der Waals surface area contributed by atoms with Gasteiger partial charge in [0.2, 0.25) is 0 Å². The van der Waals surface area contributed by atoms with Crippen LogP contribution in [0.15, 0.2) is 0 Å². The van der Waals surface area contributed by atoms with E-state index in [4.69, 9.17) is 4.74 Å². The van der Waals surface area contributed by atoms with Gasteiger partial charge in [0.15, 0.2) is 0 Å². The number of carbonyl (C=O) groups is 1. The van der Waals surface area contributed by atoms with Gasteiger partial charge in [0.25, 0.3) is 0 Å². The SMILES string of the molecule is O=C1CC23CCCCC2(COC3)C1. The molecule has 1 saturated heterocycles. The lowest BCUT2D eigenvalue weighted by atomic mass is 9.60. The Morgan fingerprint density at radius 2 is 1.54 bits per heavy atom. The smallest absolute Gasteiger partial charge is 0.134 e. The van der Waals surface area contributed by atoms with Gasteiger partial charge >= 0.3 is 0 Å². The van der Waals surface area contributed by atoms with Crippen LogP contribution >= 0.6 is 0 Å². The molecule has 2 unspecified atom stereocenters. The Balaban J connectivity index is 2.03. The number of hydrogen-bond acceptors (Lipinski definition) is 2. The van der Waals surface area contributed by atoms with E-state index >= 15 is 0 Å². The average Bonchev–Trinajstić information content (AvgIpc) is 2.54. The summed E-state index contributed by atoms with van der Waals surface area (Å²) >= 11 is 0. The molecule has 13 heavy (non-hydrogen) atoms. The molecular weight excluding hydrogens is 164 g/mol. The average molecular weight is 180 g/mol. The molecule has 0 spiro atoms. The molecule has 2 saturated carbocycles. The fourth-order valence-corrected chi connectivity index (χ4v) is 3.82. The summed E-state index contributed by atoms with van der Waals surface area (Å²) < 4.78 is 5.64. The highest BCUT2D eigenvalue weighted by molar-refractivity contribution is 5.83. The predicted octanol–water partition coefficient (Wildman–Crippen LogP) is 1.93. The molecule has 72 valence electrons. The van der Waals surface area contributed by atoms with Crippen LogP contribution in [0.3, 0.4) is 0 Å². The van der Waals surface area contributed by atoms with Crippen molar-refractivity contribution >= 4 is 5.78 Å². The summed E-state index contributed by atoms with van der Waals surface area (Å²) in [6.45, 7) is 1.72. The lowest BCUT2D eigenvalue weighted by Gasteiger charge is -2.42. The number of Topliss-reactive ketones (excluding diaryl/α,β-unsaturated/α-hetero) is 1. The van der Waals surface area contributed by atoms with Crippen LogP contribution in [0.1, 0.15) is 38.5 Å². The largest absolute Gasteiger partial charge is 0.380 e. The Hall–Kier alpha value is -0.370. The molecule has 2 atom stereocenters. The van der Waals surface area contributed by atoms with Gasteiger partial charge in [-0.05, 0) is 12.8 Å². The van der Waals surface area contributed by atoms with Crippen molar-refractivity contribution in [1.29, 1.82) is 0 Å². The first-order valence-corrected chi connectivity index (χ1v) is 5.36. The monoisotopic (exact) mass is 180 g/mol. The summed E-state index contributed by atoms with van der Waals surface area (Å²) in [5, 5.41) is 0. The summed E-state index contributed by atoms with van der Waals surface area (Å²) in [6, 6.07) is 0. The number of ketones is 1.